The van der Waals surface area contributed by atoms with E-state index in [1.165, 1.54) is 0 Å². The van der Waals surface area contributed by atoms with E-state index in [1.807, 2.05) is 30.5 Å². The van der Waals surface area contributed by atoms with Gasteiger partial charge in [-0.3, -0.25) is 14.5 Å². The van der Waals surface area contributed by atoms with E-state index < -0.39 is 5.92 Å². The summed E-state index contributed by atoms with van der Waals surface area (Å²) in [7, 11) is 0. The van der Waals surface area contributed by atoms with Crippen LogP contribution in [0.3, 0.4) is 0 Å². The molecule has 2 aromatic heterocycles. The summed E-state index contributed by atoms with van der Waals surface area (Å²) in [4.78, 5) is 35.0. The topological polar surface area (TPSA) is 93.1 Å². The Bertz CT molecular complexity index is 966. The Hall–Kier alpha value is -3.14. The maximum Gasteiger partial charge on any atom is 0.239 e. The van der Waals surface area contributed by atoms with Crippen molar-refractivity contribution in [2.75, 3.05) is 18.0 Å². The second-order valence-corrected chi connectivity index (χ2v) is 7.13. The molecule has 7 nitrogen and oxygen atoms in total. The van der Waals surface area contributed by atoms with Crippen molar-refractivity contribution >= 4 is 34.7 Å². The van der Waals surface area contributed by atoms with Crippen molar-refractivity contribution in [2.45, 2.75) is 32.2 Å². The average molecular weight is 363 g/mol. The molecule has 138 valence electrons. The van der Waals surface area contributed by atoms with E-state index in [-0.39, 0.29) is 11.9 Å². The lowest BCUT2D eigenvalue weighted by Crippen LogP contribution is -2.37. The fourth-order valence-corrected chi connectivity index (χ4v) is 3.54. The van der Waals surface area contributed by atoms with Crippen LogP contribution in [0.2, 0.25) is 0 Å². The van der Waals surface area contributed by atoms with Crippen molar-refractivity contribution in [3.05, 3.63) is 30.0 Å². The molecule has 0 saturated heterocycles. The highest BCUT2D eigenvalue weighted by Gasteiger charge is 2.31. The number of pyridine rings is 1. The molecule has 0 spiro atoms. The smallest absolute Gasteiger partial charge is 0.239 e. The third kappa shape index (κ3) is 3.19. The molecule has 7 heteroatoms. The molecule has 27 heavy (non-hydrogen) atoms. The van der Waals surface area contributed by atoms with E-state index >= 15 is 0 Å². The van der Waals surface area contributed by atoms with Crippen molar-refractivity contribution in [2.24, 2.45) is 5.92 Å². The number of carbonyl (C=O) groups is 2. The first-order valence-electron chi connectivity index (χ1n) is 9.22. The minimum absolute atomic E-state index is 0.129. The number of nitrogens with one attached hydrogen (secondary N) is 1. The standard InChI is InChI=1S/C20H21N5O2/c1-13(11-21)20(27)24-8-5-14(6-9-24)17-10-18(25(12-26)15-2-3-15)23-19-16(17)4-7-22-19/h4-5,7,10,12-13,15H,2-3,6,8-9H2,1H3,(H,22,23). The number of fused-ring (bicyclic) bond motifs is 1. The van der Waals surface area contributed by atoms with Crippen molar-refractivity contribution in [3.63, 3.8) is 0 Å². The maximum absolute atomic E-state index is 12.2. The van der Waals surface area contributed by atoms with Gasteiger partial charge in [0.05, 0.1) is 6.07 Å². The minimum Gasteiger partial charge on any atom is -0.346 e. The summed E-state index contributed by atoms with van der Waals surface area (Å²) >= 11 is 0. The minimum atomic E-state index is -0.622. The Labute approximate surface area is 157 Å². The molecule has 1 aliphatic carbocycles. The quantitative estimate of drug-likeness (QED) is 0.826. The molecule has 0 radical (unpaired) electrons. The summed E-state index contributed by atoms with van der Waals surface area (Å²) < 4.78 is 0. The number of anilines is 1. The molecule has 1 unspecified atom stereocenters. The number of aromatic nitrogens is 2. The third-order valence-electron chi connectivity index (χ3n) is 5.26. The second-order valence-electron chi connectivity index (χ2n) is 7.13. The Morgan fingerprint density at radius 1 is 1.52 bits per heavy atom. The number of amides is 2. The van der Waals surface area contributed by atoms with Gasteiger partial charge in [-0.15, -0.1) is 0 Å². The largest absolute Gasteiger partial charge is 0.346 e. The fraction of sp³-hybridized carbons (Fsp3) is 0.400. The lowest BCUT2D eigenvalue weighted by atomic mass is 9.97. The van der Waals surface area contributed by atoms with Gasteiger partial charge in [0, 0.05) is 30.7 Å². The molecule has 2 aromatic rings. The molecule has 1 aliphatic heterocycles. The monoisotopic (exact) mass is 363 g/mol. The third-order valence-corrected chi connectivity index (χ3v) is 5.26. The van der Waals surface area contributed by atoms with E-state index in [9.17, 15) is 9.59 Å². The SMILES string of the molecule is CC(C#N)C(=O)N1CC=C(c2cc(N(C=O)C3CC3)nc3[nH]ccc23)CC1. The van der Waals surface area contributed by atoms with E-state index in [1.54, 1.807) is 16.7 Å². The van der Waals surface area contributed by atoms with Crippen molar-refractivity contribution < 1.29 is 9.59 Å². The van der Waals surface area contributed by atoms with Crippen LogP contribution in [0.15, 0.2) is 24.4 Å². The van der Waals surface area contributed by atoms with Gasteiger partial charge in [-0.1, -0.05) is 6.08 Å². The molecule has 0 bridgehead atoms. The first-order chi connectivity index (χ1) is 13.1. The molecule has 4 rings (SSSR count). The molecule has 0 aromatic carbocycles. The highest BCUT2D eigenvalue weighted by atomic mass is 16.2. The van der Waals surface area contributed by atoms with Crippen LogP contribution < -0.4 is 4.90 Å². The van der Waals surface area contributed by atoms with E-state index in [2.05, 4.69) is 9.97 Å². The summed E-state index contributed by atoms with van der Waals surface area (Å²) in [6.45, 7) is 2.70. The van der Waals surface area contributed by atoms with Gasteiger partial charge in [0.1, 0.15) is 17.4 Å². The van der Waals surface area contributed by atoms with Crippen LogP contribution in [0.4, 0.5) is 5.82 Å². The zero-order valence-corrected chi connectivity index (χ0v) is 15.2. The Morgan fingerprint density at radius 3 is 2.96 bits per heavy atom. The van der Waals surface area contributed by atoms with Crippen LogP contribution in [0, 0.1) is 17.2 Å². The molecule has 1 fully saturated rings. The molecule has 2 amide bonds. The first-order valence-corrected chi connectivity index (χ1v) is 9.22. The van der Waals surface area contributed by atoms with Crippen LogP contribution in [0.1, 0.15) is 31.7 Å². The molecular formula is C20H21N5O2. The number of nitrogens with zero attached hydrogens (tertiary/aromatic N) is 4. The highest BCUT2D eigenvalue weighted by molar-refractivity contribution is 5.94. The van der Waals surface area contributed by atoms with Crippen molar-refractivity contribution in [1.29, 1.82) is 5.26 Å². The van der Waals surface area contributed by atoms with Gasteiger partial charge < -0.3 is 9.88 Å². The highest BCUT2D eigenvalue weighted by Crippen LogP contribution is 2.35. The summed E-state index contributed by atoms with van der Waals surface area (Å²) in [6, 6.07) is 6.21. The van der Waals surface area contributed by atoms with E-state index in [4.69, 9.17) is 5.26 Å². The summed E-state index contributed by atoms with van der Waals surface area (Å²) in [5.41, 5.74) is 2.94. The van der Waals surface area contributed by atoms with Crippen LogP contribution in [0.5, 0.6) is 0 Å². The maximum atomic E-state index is 12.2. The van der Waals surface area contributed by atoms with Gasteiger partial charge in [-0.2, -0.15) is 5.26 Å². The van der Waals surface area contributed by atoms with Gasteiger partial charge >= 0.3 is 0 Å². The number of nitriles is 1. The number of hydrogen-bond acceptors (Lipinski definition) is 4. The normalized spacial score (nSPS) is 17.9. The summed E-state index contributed by atoms with van der Waals surface area (Å²) in [5.74, 6) is -0.0885. The van der Waals surface area contributed by atoms with Crippen LogP contribution in [-0.2, 0) is 9.59 Å². The number of aromatic amines is 1. The van der Waals surface area contributed by atoms with Gasteiger partial charge in [-0.25, -0.2) is 4.98 Å². The zero-order chi connectivity index (χ0) is 19.0. The lowest BCUT2D eigenvalue weighted by molar-refractivity contribution is -0.132. The number of hydrogen-bond donors (Lipinski definition) is 1. The summed E-state index contributed by atoms with van der Waals surface area (Å²) in [6.07, 6.45) is 7.47. The molecule has 1 atom stereocenters. The molecule has 2 aliphatic rings. The van der Waals surface area contributed by atoms with E-state index in [0.29, 0.717) is 25.3 Å². The van der Waals surface area contributed by atoms with E-state index in [0.717, 1.165) is 41.4 Å². The zero-order valence-electron chi connectivity index (χ0n) is 15.2. The Balaban J connectivity index is 1.66. The predicted molar refractivity (Wildman–Crippen MR) is 102 cm³/mol. The lowest BCUT2D eigenvalue weighted by Gasteiger charge is -2.28. The van der Waals surface area contributed by atoms with Gasteiger partial charge in [0.15, 0.2) is 0 Å². The Morgan fingerprint density at radius 2 is 2.33 bits per heavy atom. The first kappa shape index (κ1) is 17.3. The Kier molecular flexibility index (Phi) is 4.40. The van der Waals surface area contributed by atoms with Crippen LogP contribution >= 0.6 is 0 Å². The number of carbonyl (C=O) groups excluding carboxylic acids is 2. The molecule has 1 N–H and O–H groups in total. The number of H-pyrrole nitrogens is 1. The second kappa shape index (κ2) is 6.88. The predicted octanol–water partition coefficient (Wildman–Crippen LogP) is 2.46. The van der Waals surface area contributed by atoms with Crippen LogP contribution in [0.25, 0.3) is 16.6 Å². The fourth-order valence-electron chi connectivity index (χ4n) is 3.54. The van der Waals surface area contributed by atoms with Crippen molar-refractivity contribution in [1.82, 2.24) is 14.9 Å². The van der Waals surface area contributed by atoms with Gasteiger partial charge in [0.25, 0.3) is 0 Å². The molecular weight excluding hydrogens is 342 g/mol. The van der Waals surface area contributed by atoms with Gasteiger partial charge in [-0.05, 0) is 49.5 Å². The number of rotatable bonds is 5. The van der Waals surface area contributed by atoms with Crippen molar-refractivity contribution in [3.8, 4) is 6.07 Å². The average Bonchev–Trinajstić information content (AvgIpc) is 3.42. The van der Waals surface area contributed by atoms with Gasteiger partial charge in [0.2, 0.25) is 12.3 Å². The van der Waals surface area contributed by atoms with Crippen LogP contribution in [-0.4, -0.2) is 46.3 Å². The molecule has 1 saturated carbocycles. The molecule has 3 heterocycles. The summed E-state index contributed by atoms with van der Waals surface area (Å²) in [5, 5.41) is 9.97.